The van der Waals surface area contributed by atoms with Crippen LogP contribution in [0.3, 0.4) is 0 Å². The maximum Gasteiger partial charge on any atom is 0.164 e. The molecule has 0 atom stereocenters. The summed E-state index contributed by atoms with van der Waals surface area (Å²) in [7, 11) is 0. The molecule has 1 heterocycles. The molecule has 3 nitrogen and oxygen atoms in total. The van der Waals surface area contributed by atoms with Crippen LogP contribution < -0.4 is 5.73 Å². The van der Waals surface area contributed by atoms with Crippen molar-refractivity contribution in [3.63, 3.8) is 0 Å². The first kappa shape index (κ1) is 12.3. The van der Waals surface area contributed by atoms with Gasteiger partial charge in [-0.25, -0.2) is 13.8 Å². The molecule has 6 heteroatoms. The number of hydrogen-bond acceptors (Lipinski definition) is 4. The molecule has 0 spiro atoms. The van der Waals surface area contributed by atoms with Crippen LogP contribution in [0.15, 0.2) is 40.3 Å². The summed E-state index contributed by atoms with van der Waals surface area (Å²) in [4.78, 5) is 4.49. The molecule has 1 aromatic heterocycles. The zero-order valence-electron chi connectivity index (χ0n) is 9.02. The Labute approximate surface area is 106 Å². The van der Waals surface area contributed by atoms with Gasteiger partial charge in [0.2, 0.25) is 0 Å². The van der Waals surface area contributed by atoms with Crippen LogP contribution >= 0.6 is 11.8 Å². The van der Waals surface area contributed by atoms with Crippen LogP contribution in [0, 0.1) is 23.0 Å². The molecular formula is C12H7F2N3S. The minimum absolute atomic E-state index is 0.114. The van der Waals surface area contributed by atoms with Gasteiger partial charge in [0.1, 0.15) is 11.1 Å². The molecule has 0 saturated carbocycles. The Bertz CT molecular complexity index is 638. The highest BCUT2D eigenvalue weighted by molar-refractivity contribution is 7.99. The van der Waals surface area contributed by atoms with Gasteiger partial charge in [-0.2, -0.15) is 5.26 Å². The molecule has 1 aromatic carbocycles. The molecule has 0 aliphatic carbocycles. The molecule has 0 fully saturated rings. The monoisotopic (exact) mass is 263 g/mol. The number of nitrogens with zero attached hydrogens (tertiary/aromatic N) is 2. The average molecular weight is 263 g/mol. The van der Waals surface area contributed by atoms with E-state index in [1.165, 1.54) is 6.07 Å². The van der Waals surface area contributed by atoms with Gasteiger partial charge in [0.25, 0.3) is 0 Å². The van der Waals surface area contributed by atoms with Crippen molar-refractivity contribution >= 4 is 17.4 Å². The highest BCUT2D eigenvalue weighted by Crippen LogP contribution is 2.28. The highest BCUT2D eigenvalue weighted by atomic mass is 32.2. The lowest BCUT2D eigenvalue weighted by Gasteiger charge is -2.03. The summed E-state index contributed by atoms with van der Waals surface area (Å²) in [5.41, 5.74) is 5.93. The normalized spacial score (nSPS) is 10.1. The molecule has 0 bridgehead atoms. The Morgan fingerprint density at radius 3 is 2.61 bits per heavy atom. The molecule has 90 valence electrons. The number of benzene rings is 1. The molecule has 18 heavy (non-hydrogen) atoms. The molecule has 0 radical (unpaired) electrons. The van der Waals surface area contributed by atoms with E-state index in [2.05, 4.69) is 4.98 Å². The lowest BCUT2D eigenvalue weighted by molar-refractivity contribution is 0.506. The van der Waals surface area contributed by atoms with Gasteiger partial charge in [0.05, 0.1) is 5.69 Å². The van der Waals surface area contributed by atoms with Crippen LogP contribution in [0.5, 0.6) is 0 Å². The van der Waals surface area contributed by atoms with E-state index in [-0.39, 0.29) is 11.4 Å². The second kappa shape index (κ2) is 5.02. The number of nitriles is 1. The first-order valence-corrected chi connectivity index (χ1v) is 5.71. The van der Waals surface area contributed by atoms with Gasteiger partial charge in [-0.05, 0) is 30.3 Å². The Kier molecular flexibility index (Phi) is 3.44. The van der Waals surface area contributed by atoms with Crippen molar-refractivity contribution in [1.82, 2.24) is 4.98 Å². The van der Waals surface area contributed by atoms with E-state index >= 15 is 0 Å². The number of anilines is 1. The van der Waals surface area contributed by atoms with E-state index in [1.54, 1.807) is 12.1 Å². The second-order valence-electron chi connectivity index (χ2n) is 3.38. The molecule has 0 aliphatic heterocycles. The van der Waals surface area contributed by atoms with Gasteiger partial charge in [-0.3, -0.25) is 0 Å². The lowest BCUT2D eigenvalue weighted by atomic mass is 10.3. The largest absolute Gasteiger partial charge is 0.396 e. The van der Waals surface area contributed by atoms with Crippen LogP contribution in [0.2, 0.25) is 0 Å². The third-order valence-corrected chi connectivity index (χ3v) is 3.05. The molecule has 0 amide bonds. The van der Waals surface area contributed by atoms with Crippen LogP contribution in [-0.4, -0.2) is 4.98 Å². The Morgan fingerprint density at radius 2 is 1.94 bits per heavy atom. The van der Waals surface area contributed by atoms with Gasteiger partial charge in [-0.15, -0.1) is 0 Å². The van der Waals surface area contributed by atoms with Crippen molar-refractivity contribution in [2.75, 3.05) is 5.73 Å². The predicted octanol–water partition coefficient (Wildman–Crippen LogP) is 2.96. The van der Waals surface area contributed by atoms with Gasteiger partial charge in [-0.1, -0.05) is 11.8 Å². The van der Waals surface area contributed by atoms with E-state index in [9.17, 15) is 8.78 Å². The zero-order valence-corrected chi connectivity index (χ0v) is 9.84. The number of rotatable bonds is 2. The fraction of sp³-hybridized carbons (Fsp3) is 0. The van der Waals surface area contributed by atoms with Crippen LogP contribution in [0.4, 0.5) is 14.5 Å². The van der Waals surface area contributed by atoms with E-state index < -0.39 is 11.6 Å². The summed E-state index contributed by atoms with van der Waals surface area (Å²) in [6.07, 6.45) is 0. The van der Waals surface area contributed by atoms with Crippen molar-refractivity contribution in [3.05, 3.63) is 47.7 Å². The van der Waals surface area contributed by atoms with Crippen molar-refractivity contribution in [2.24, 2.45) is 0 Å². The SMILES string of the molecule is N#Cc1nc(Sc2ccc(F)c(F)c2)ccc1N. The maximum absolute atomic E-state index is 13.0. The molecule has 2 rings (SSSR count). The van der Waals surface area contributed by atoms with Crippen molar-refractivity contribution in [2.45, 2.75) is 9.92 Å². The number of hydrogen-bond donors (Lipinski definition) is 1. The Balaban J connectivity index is 2.29. The van der Waals surface area contributed by atoms with Crippen molar-refractivity contribution in [1.29, 1.82) is 5.26 Å². The summed E-state index contributed by atoms with van der Waals surface area (Å²) in [5.74, 6) is -1.82. The Hall–Kier alpha value is -2.13. The molecular weight excluding hydrogens is 256 g/mol. The van der Waals surface area contributed by atoms with Crippen LogP contribution in [0.1, 0.15) is 5.69 Å². The topological polar surface area (TPSA) is 62.7 Å². The molecule has 0 saturated heterocycles. The first-order chi connectivity index (χ1) is 8.60. The number of aromatic nitrogens is 1. The molecule has 2 aromatic rings. The predicted molar refractivity (Wildman–Crippen MR) is 63.8 cm³/mol. The van der Waals surface area contributed by atoms with Gasteiger partial charge in [0.15, 0.2) is 17.3 Å². The van der Waals surface area contributed by atoms with E-state index in [1.807, 2.05) is 6.07 Å². The van der Waals surface area contributed by atoms with Gasteiger partial charge < -0.3 is 5.73 Å². The Morgan fingerprint density at radius 1 is 1.17 bits per heavy atom. The third kappa shape index (κ3) is 2.57. The molecule has 0 unspecified atom stereocenters. The summed E-state index contributed by atoms with van der Waals surface area (Å²) < 4.78 is 25.8. The fourth-order valence-electron chi connectivity index (χ4n) is 1.26. The van der Waals surface area contributed by atoms with Crippen molar-refractivity contribution < 1.29 is 8.78 Å². The zero-order chi connectivity index (χ0) is 13.1. The maximum atomic E-state index is 13.0. The highest BCUT2D eigenvalue weighted by Gasteiger charge is 2.07. The molecule has 2 N–H and O–H groups in total. The summed E-state index contributed by atoms with van der Waals surface area (Å²) in [6.45, 7) is 0. The van der Waals surface area contributed by atoms with Crippen molar-refractivity contribution in [3.8, 4) is 6.07 Å². The van der Waals surface area contributed by atoms with Gasteiger partial charge in [0, 0.05) is 4.90 Å². The van der Waals surface area contributed by atoms with Crippen LogP contribution in [-0.2, 0) is 0 Å². The van der Waals surface area contributed by atoms with Crippen LogP contribution in [0.25, 0.3) is 0 Å². The minimum Gasteiger partial charge on any atom is -0.396 e. The first-order valence-electron chi connectivity index (χ1n) is 4.89. The number of nitrogens with two attached hydrogens (primary N) is 1. The number of halogens is 2. The van der Waals surface area contributed by atoms with Gasteiger partial charge >= 0.3 is 0 Å². The quantitative estimate of drug-likeness (QED) is 0.904. The number of nitrogen functional groups attached to an aromatic ring is 1. The average Bonchev–Trinajstić information content (AvgIpc) is 2.36. The molecule has 0 aliphatic rings. The summed E-state index contributed by atoms with van der Waals surface area (Å²) in [5, 5.41) is 9.27. The number of pyridine rings is 1. The van der Waals surface area contributed by atoms with E-state index in [0.717, 1.165) is 23.9 Å². The third-order valence-electron chi connectivity index (χ3n) is 2.12. The lowest BCUT2D eigenvalue weighted by Crippen LogP contribution is -1.94. The van der Waals surface area contributed by atoms with E-state index in [4.69, 9.17) is 11.0 Å². The summed E-state index contributed by atoms with van der Waals surface area (Å²) in [6, 6.07) is 8.57. The van der Waals surface area contributed by atoms with E-state index in [0.29, 0.717) is 9.92 Å². The standard InChI is InChI=1S/C12H7F2N3S/c13-8-2-1-7(5-9(8)14)18-12-4-3-10(16)11(6-15)17-12/h1-5H,16H2. The minimum atomic E-state index is -0.920. The summed E-state index contributed by atoms with van der Waals surface area (Å²) >= 11 is 1.12. The fourth-order valence-corrected chi connectivity index (χ4v) is 2.07. The smallest absolute Gasteiger partial charge is 0.164 e. The second-order valence-corrected chi connectivity index (χ2v) is 4.47.